The number of ether oxygens (including phenoxy) is 2. The first-order valence-electron chi connectivity index (χ1n) is 14.6. The van der Waals surface area contributed by atoms with Crippen molar-refractivity contribution in [3.63, 3.8) is 0 Å². The molecule has 0 spiro atoms. The summed E-state index contributed by atoms with van der Waals surface area (Å²) in [6.07, 6.45) is -0.000964. The second kappa shape index (κ2) is 13.9. The van der Waals surface area contributed by atoms with E-state index in [2.05, 4.69) is 78.8 Å². The third kappa shape index (κ3) is 7.52. The lowest BCUT2D eigenvalue weighted by Crippen LogP contribution is -2.38. The lowest BCUT2D eigenvalue weighted by atomic mass is 9.98. The van der Waals surface area contributed by atoms with Gasteiger partial charge in [-0.15, -0.1) is 0 Å². The summed E-state index contributed by atoms with van der Waals surface area (Å²) in [6.45, 7) is 5.01. The average Bonchev–Trinajstić information content (AvgIpc) is 3.04. The number of hydrogen-bond donors (Lipinski definition) is 2. The molecule has 1 aliphatic rings. The van der Waals surface area contributed by atoms with Crippen LogP contribution in [0, 0.1) is 0 Å². The van der Waals surface area contributed by atoms with Crippen molar-refractivity contribution in [3.8, 4) is 11.1 Å². The van der Waals surface area contributed by atoms with Gasteiger partial charge in [0.1, 0.15) is 0 Å². The van der Waals surface area contributed by atoms with Crippen LogP contribution in [0.3, 0.4) is 0 Å². The number of carbonyl (C=O) groups is 1. The maximum Gasteiger partial charge on any atom is 0.217 e. The zero-order valence-electron chi connectivity index (χ0n) is 24.6. The first-order valence-corrected chi connectivity index (χ1v) is 14.6. The molecule has 1 aliphatic heterocycles. The standard InChI is InChI=1S/C36H40N2O4/c1-25(29-10-5-4-6-11-29)38(3)23-34-21-35(30-17-15-27(24-39)16-18-30)42-36(41-34)33-14-8-13-32(20-33)31-12-7-9-28(19-31)22-37-26(2)40/h4-20,25,34-36,39H,21-24H2,1-3H3,(H,37,40)/t25-,34+,35-,36-/m0/s1. The molecule has 1 saturated heterocycles. The second-order valence-electron chi connectivity index (χ2n) is 11.1. The van der Waals surface area contributed by atoms with Gasteiger partial charge < -0.3 is 19.9 Å². The van der Waals surface area contributed by atoms with Gasteiger partial charge >= 0.3 is 0 Å². The lowest BCUT2D eigenvalue weighted by Gasteiger charge is -2.39. The summed E-state index contributed by atoms with van der Waals surface area (Å²) in [6, 6.07) is 35.3. The number of hydrogen-bond acceptors (Lipinski definition) is 5. The number of aliphatic hydroxyl groups excluding tert-OH is 1. The predicted octanol–water partition coefficient (Wildman–Crippen LogP) is 6.72. The molecule has 6 heteroatoms. The van der Waals surface area contributed by atoms with E-state index in [-0.39, 0.29) is 30.8 Å². The van der Waals surface area contributed by atoms with E-state index in [0.717, 1.165) is 46.3 Å². The number of nitrogens with one attached hydrogen (secondary N) is 1. The van der Waals surface area contributed by atoms with Gasteiger partial charge in [-0.2, -0.15) is 0 Å². The van der Waals surface area contributed by atoms with E-state index in [9.17, 15) is 9.90 Å². The Bertz CT molecular complexity index is 1460. The molecular weight excluding hydrogens is 524 g/mol. The van der Waals surface area contributed by atoms with Crippen LogP contribution >= 0.6 is 0 Å². The monoisotopic (exact) mass is 564 g/mol. The van der Waals surface area contributed by atoms with Gasteiger partial charge in [-0.25, -0.2) is 0 Å². The van der Waals surface area contributed by atoms with Crippen LogP contribution in [0.1, 0.15) is 66.5 Å². The van der Waals surface area contributed by atoms with Crippen LogP contribution in [-0.4, -0.2) is 35.6 Å². The summed E-state index contributed by atoms with van der Waals surface area (Å²) in [7, 11) is 2.14. The quantitative estimate of drug-likeness (QED) is 0.224. The third-order valence-electron chi connectivity index (χ3n) is 8.01. The highest BCUT2D eigenvalue weighted by molar-refractivity contribution is 5.73. The molecule has 218 valence electrons. The topological polar surface area (TPSA) is 71.0 Å². The number of aliphatic hydroxyl groups is 1. The molecule has 2 N–H and O–H groups in total. The van der Waals surface area contributed by atoms with Crippen LogP contribution in [0.2, 0.25) is 0 Å². The molecule has 4 aromatic rings. The van der Waals surface area contributed by atoms with E-state index in [1.165, 1.54) is 12.5 Å². The van der Waals surface area contributed by atoms with Gasteiger partial charge in [0, 0.05) is 38.0 Å². The Morgan fingerprint density at radius 2 is 1.60 bits per heavy atom. The molecule has 5 rings (SSSR count). The number of rotatable bonds is 10. The van der Waals surface area contributed by atoms with Crippen molar-refractivity contribution >= 4 is 5.91 Å². The highest BCUT2D eigenvalue weighted by Crippen LogP contribution is 2.39. The van der Waals surface area contributed by atoms with Crippen LogP contribution in [0.25, 0.3) is 11.1 Å². The van der Waals surface area contributed by atoms with Crippen molar-refractivity contribution in [1.29, 1.82) is 0 Å². The number of carbonyl (C=O) groups excluding carboxylic acids is 1. The molecule has 0 aliphatic carbocycles. The second-order valence-corrected chi connectivity index (χ2v) is 11.1. The maximum atomic E-state index is 11.4. The van der Waals surface area contributed by atoms with Crippen molar-refractivity contribution in [1.82, 2.24) is 10.2 Å². The van der Waals surface area contributed by atoms with Crippen LogP contribution in [0.5, 0.6) is 0 Å². The lowest BCUT2D eigenvalue weighted by molar-refractivity contribution is -0.253. The Kier molecular flexibility index (Phi) is 9.82. The van der Waals surface area contributed by atoms with Gasteiger partial charge in [-0.3, -0.25) is 9.69 Å². The van der Waals surface area contributed by atoms with E-state index >= 15 is 0 Å². The summed E-state index contributed by atoms with van der Waals surface area (Å²) < 4.78 is 13.3. The smallest absolute Gasteiger partial charge is 0.217 e. The number of benzene rings is 4. The van der Waals surface area contributed by atoms with Gasteiger partial charge in [-0.05, 0) is 59.5 Å². The van der Waals surface area contributed by atoms with E-state index < -0.39 is 6.29 Å². The Labute approximate surface area is 248 Å². The fourth-order valence-corrected chi connectivity index (χ4v) is 5.45. The van der Waals surface area contributed by atoms with Gasteiger partial charge in [0.2, 0.25) is 5.91 Å². The van der Waals surface area contributed by atoms with E-state index in [1.54, 1.807) is 0 Å². The molecule has 1 fully saturated rings. The molecule has 4 aromatic carbocycles. The Hall–Kier alpha value is -3.81. The van der Waals surface area contributed by atoms with Crippen molar-refractivity contribution in [2.75, 3.05) is 13.6 Å². The van der Waals surface area contributed by atoms with Gasteiger partial charge in [-0.1, -0.05) is 91.0 Å². The molecule has 1 amide bonds. The summed E-state index contributed by atoms with van der Waals surface area (Å²) in [5.41, 5.74) is 7.35. The number of amides is 1. The van der Waals surface area contributed by atoms with Gasteiger partial charge in [0.15, 0.2) is 6.29 Å². The average molecular weight is 565 g/mol. The zero-order valence-corrected chi connectivity index (χ0v) is 24.6. The van der Waals surface area contributed by atoms with Crippen molar-refractivity contribution in [2.24, 2.45) is 0 Å². The number of likely N-dealkylation sites (N-methyl/N-ethyl adjacent to an activating group) is 1. The minimum Gasteiger partial charge on any atom is -0.392 e. The molecule has 6 nitrogen and oxygen atoms in total. The SMILES string of the molecule is CC(=O)NCc1cccc(-c2cccc([C@H]3O[C@@H](CN(C)[C@@H](C)c4ccccc4)C[C@@H](c4ccc(CO)cc4)O3)c2)c1. The highest BCUT2D eigenvalue weighted by Gasteiger charge is 2.33. The maximum absolute atomic E-state index is 11.4. The molecular formula is C36H40N2O4. The van der Waals surface area contributed by atoms with Crippen LogP contribution in [-0.2, 0) is 27.4 Å². The van der Waals surface area contributed by atoms with Crippen LogP contribution in [0.4, 0.5) is 0 Å². The van der Waals surface area contributed by atoms with E-state index in [0.29, 0.717) is 6.54 Å². The Morgan fingerprint density at radius 3 is 2.31 bits per heavy atom. The van der Waals surface area contributed by atoms with Crippen molar-refractivity contribution in [2.45, 2.75) is 58.0 Å². The van der Waals surface area contributed by atoms with Gasteiger partial charge in [0.05, 0.1) is 18.8 Å². The third-order valence-corrected chi connectivity index (χ3v) is 8.01. The fourth-order valence-electron chi connectivity index (χ4n) is 5.45. The van der Waals surface area contributed by atoms with Crippen molar-refractivity contribution in [3.05, 3.63) is 131 Å². The molecule has 1 heterocycles. The largest absolute Gasteiger partial charge is 0.392 e. The molecule has 0 saturated carbocycles. The predicted molar refractivity (Wildman–Crippen MR) is 165 cm³/mol. The summed E-state index contributed by atoms with van der Waals surface area (Å²) >= 11 is 0. The molecule has 42 heavy (non-hydrogen) atoms. The fraction of sp³-hybridized carbons (Fsp3) is 0.306. The first kappa shape index (κ1) is 29.7. The minimum absolute atomic E-state index is 0.0150. The van der Waals surface area contributed by atoms with E-state index in [1.807, 2.05) is 48.5 Å². The molecule has 0 bridgehead atoms. The Morgan fingerprint density at radius 1 is 0.881 bits per heavy atom. The summed E-state index contributed by atoms with van der Waals surface area (Å²) in [5, 5.41) is 12.4. The van der Waals surface area contributed by atoms with Crippen LogP contribution in [0.15, 0.2) is 103 Å². The summed E-state index contributed by atoms with van der Waals surface area (Å²) in [4.78, 5) is 13.7. The first-order chi connectivity index (χ1) is 20.4. The van der Waals surface area contributed by atoms with Crippen LogP contribution < -0.4 is 5.32 Å². The molecule has 4 atom stereocenters. The van der Waals surface area contributed by atoms with E-state index in [4.69, 9.17) is 9.47 Å². The highest BCUT2D eigenvalue weighted by atomic mass is 16.7. The molecule has 0 unspecified atom stereocenters. The molecule has 0 aromatic heterocycles. The Balaban J connectivity index is 1.39. The minimum atomic E-state index is -0.533. The van der Waals surface area contributed by atoms with Gasteiger partial charge in [0.25, 0.3) is 0 Å². The summed E-state index contributed by atoms with van der Waals surface area (Å²) in [5.74, 6) is -0.0482. The number of nitrogens with zero attached hydrogens (tertiary/aromatic N) is 1. The molecule has 0 radical (unpaired) electrons. The van der Waals surface area contributed by atoms with Crippen molar-refractivity contribution < 1.29 is 19.4 Å². The normalized spacial score (nSPS) is 19.4. The zero-order chi connectivity index (χ0) is 29.5.